The van der Waals surface area contributed by atoms with Gasteiger partial charge in [0.05, 0.1) is 5.01 Å². The molecule has 0 radical (unpaired) electrons. The standard InChI is InChI=1S/C28H30F3N3O3S/c1-2-3-4-9-25(35)34-16-14-20(15-17-34)27-33-24(18-38-27)26(36)32-23-8-6-5-7-22(23)19-10-12-21(13-11-19)37-28(29,30)31/h5-8,10-13,18,20H,2-4,9,14-17H2,1H3,(H,32,36). The lowest BCUT2D eigenvalue weighted by Crippen LogP contribution is -2.37. The predicted octanol–water partition coefficient (Wildman–Crippen LogP) is 7.25. The largest absolute Gasteiger partial charge is 0.573 e. The van der Waals surface area contributed by atoms with Gasteiger partial charge in [0.15, 0.2) is 0 Å². The van der Waals surface area contributed by atoms with Crippen molar-refractivity contribution in [1.82, 2.24) is 9.88 Å². The van der Waals surface area contributed by atoms with E-state index in [2.05, 4.69) is 22.0 Å². The Morgan fingerprint density at radius 3 is 2.47 bits per heavy atom. The minimum Gasteiger partial charge on any atom is -0.406 e. The molecule has 38 heavy (non-hydrogen) atoms. The number of para-hydroxylation sites is 1. The van der Waals surface area contributed by atoms with Crippen molar-refractivity contribution < 1.29 is 27.5 Å². The molecule has 1 saturated heterocycles. The van der Waals surface area contributed by atoms with Gasteiger partial charge in [-0.2, -0.15) is 0 Å². The lowest BCUT2D eigenvalue weighted by molar-refractivity contribution is -0.274. The van der Waals surface area contributed by atoms with E-state index in [1.165, 1.54) is 35.6 Å². The Labute approximate surface area is 223 Å². The number of carbonyl (C=O) groups is 2. The van der Waals surface area contributed by atoms with Crippen LogP contribution in [0.4, 0.5) is 18.9 Å². The minimum atomic E-state index is -4.76. The molecule has 4 rings (SSSR count). The van der Waals surface area contributed by atoms with Gasteiger partial charge in [0.2, 0.25) is 5.91 Å². The van der Waals surface area contributed by atoms with Gasteiger partial charge in [-0.25, -0.2) is 4.98 Å². The predicted molar refractivity (Wildman–Crippen MR) is 141 cm³/mol. The smallest absolute Gasteiger partial charge is 0.406 e. The number of alkyl halides is 3. The summed E-state index contributed by atoms with van der Waals surface area (Å²) in [4.78, 5) is 31.9. The summed E-state index contributed by atoms with van der Waals surface area (Å²) in [5, 5.41) is 5.51. The van der Waals surface area contributed by atoms with Crippen LogP contribution in [0.3, 0.4) is 0 Å². The summed E-state index contributed by atoms with van der Waals surface area (Å²) in [6.07, 6.45) is 0.585. The molecule has 202 valence electrons. The Balaban J connectivity index is 1.37. The average Bonchev–Trinajstić information content (AvgIpc) is 3.40. The van der Waals surface area contributed by atoms with Gasteiger partial charge in [-0.1, -0.05) is 50.1 Å². The Morgan fingerprint density at radius 1 is 1.08 bits per heavy atom. The van der Waals surface area contributed by atoms with Crippen LogP contribution in [-0.4, -0.2) is 41.2 Å². The topological polar surface area (TPSA) is 71.5 Å². The van der Waals surface area contributed by atoms with E-state index in [1.807, 2.05) is 4.90 Å². The highest BCUT2D eigenvalue weighted by molar-refractivity contribution is 7.10. The molecular formula is C28H30F3N3O3S. The number of aromatic nitrogens is 1. The Kier molecular flexibility index (Phi) is 9.04. The van der Waals surface area contributed by atoms with Crippen molar-refractivity contribution in [2.45, 2.75) is 57.7 Å². The molecule has 1 aliphatic heterocycles. The van der Waals surface area contributed by atoms with Crippen LogP contribution in [0.5, 0.6) is 5.75 Å². The number of ether oxygens (including phenoxy) is 1. The fraction of sp³-hybridized carbons (Fsp3) is 0.393. The molecule has 1 aromatic heterocycles. The lowest BCUT2D eigenvalue weighted by Gasteiger charge is -2.31. The number of likely N-dealkylation sites (tertiary alicyclic amines) is 1. The molecule has 1 aliphatic rings. The van der Waals surface area contributed by atoms with Crippen molar-refractivity contribution in [3.8, 4) is 16.9 Å². The molecule has 0 aliphatic carbocycles. The molecule has 2 heterocycles. The third-order valence-corrected chi connectivity index (χ3v) is 7.53. The summed E-state index contributed by atoms with van der Waals surface area (Å²) in [6.45, 7) is 3.53. The number of rotatable bonds is 9. The van der Waals surface area contributed by atoms with Gasteiger partial charge in [0.25, 0.3) is 5.91 Å². The monoisotopic (exact) mass is 545 g/mol. The summed E-state index contributed by atoms with van der Waals surface area (Å²) in [6, 6.07) is 12.5. The van der Waals surface area contributed by atoms with E-state index in [0.717, 1.165) is 37.1 Å². The third-order valence-electron chi connectivity index (χ3n) is 6.52. The lowest BCUT2D eigenvalue weighted by atomic mass is 9.97. The molecule has 3 aromatic rings. The van der Waals surface area contributed by atoms with Gasteiger partial charge in [0, 0.05) is 42.1 Å². The van der Waals surface area contributed by atoms with E-state index in [0.29, 0.717) is 42.0 Å². The first kappa shape index (κ1) is 27.6. The van der Waals surface area contributed by atoms with Crippen molar-refractivity contribution in [2.24, 2.45) is 0 Å². The molecule has 1 N–H and O–H groups in total. The highest BCUT2D eigenvalue weighted by Crippen LogP contribution is 2.33. The zero-order chi connectivity index (χ0) is 27.1. The first-order valence-electron chi connectivity index (χ1n) is 12.7. The van der Waals surface area contributed by atoms with E-state index in [1.54, 1.807) is 29.6 Å². The molecule has 0 saturated carbocycles. The number of carbonyl (C=O) groups excluding carboxylic acids is 2. The van der Waals surface area contributed by atoms with Gasteiger partial charge in [-0.15, -0.1) is 24.5 Å². The molecule has 0 unspecified atom stereocenters. The minimum absolute atomic E-state index is 0.214. The fourth-order valence-electron chi connectivity index (χ4n) is 4.51. The maximum absolute atomic E-state index is 13.0. The number of benzene rings is 2. The second-order valence-electron chi connectivity index (χ2n) is 9.26. The highest BCUT2D eigenvalue weighted by atomic mass is 32.1. The summed E-state index contributed by atoms with van der Waals surface area (Å²) in [7, 11) is 0. The second kappa shape index (κ2) is 12.4. The molecular weight excluding hydrogens is 515 g/mol. The number of nitrogens with one attached hydrogen (secondary N) is 1. The van der Waals surface area contributed by atoms with E-state index in [4.69, 9.17) is 0 Å². The van der Waals surface area contributed by atoms with Crippen LogP contribution in [0.2, 0.25) is 0 Å². The van der Waals surface area contributed by atoms with Crippen LogP contribution in [0.1, 0.15) is 66.9 Å². The molecule has 0 atom stereocenters. The zero-order valence-corrected chi connectivity index (χ0v) is 21.9. The van der Waals surface area contributed by atoms with Crippen molar-refractivity contribution in [1.29, 1.82) is 0 Å². The summed E-state index contributed by atoms with van der Waals surface area (Å²) in [5.41, 5.74) is 2.12. The Hall–Kier alpha value is -3.40. The van der Waals surface area contributed by atoms with Crippen molar-refractivity contribution >= 4 is 28.8 Å². The molecule has 2 amide bonds. The first-order valence-corrected chi connectivity index (χ1v) is 13.6. The quantitative estimate of drug-likeness (QED) is 0.288. The van der Waals surface area contributed by atoms with E-state index in [-0.39, 0.29) is 23.5 Å². The summed E-state index contributed by atoms with van der Waals surface area (Å²) < 4.78 is 41.3. The van der Waals surface area contributed by atoms with Gasteiger partial charge < -0.3 is 15.0 Å². The Morgan fingerprint density at radius 2 is 1.79 bits per heavy atom. The second-order valence-corrected chi connectivity index (χ2v) is 10.1. The van der Waals surface area contributed by atoms with Gasteiger partial charge in [0.1, 0.15) is 11.4 Å². The normalized spacial score (nSPS) is 14.4. The summed E-state index contributed by atoms with van der Waals surface area (Å²) >= 11 is 1.45. The number of halogens is 3. The van der Waals surface area contributed by atoms with Gasteiger partial charge >= 0.3 is 6.36 Å². The van der Waals surface area contributed by atoms with E-state index < -0.39 is 6.36 Å². The van der Waals surface area contributed by atoms with Crippen LogP contribution in [-0.2, 0) is 4.79 Å². The number of hydrogen-bond acceptors (Lipinski definition) is 5. The average molecular weight is 546 g/mol. The van der Waals surface area contributed by atoms with Crippen molar-refractivity contribution in [2.75, 3.05) is 18.4 Å². The van der Waals surface area contributed by atoms with Gasteiger partial charge in [-0.3, -0.25) is 9.59 Å². The number of anilines is 1. The van der Waals surface area contributed by atoms with Crippen LogP contribution in [0, 0.1) is 0 Å². The summed E-state index contributed by atoms with van der Waals surface area (Å²) in [5.74, 6) is -0.242. The number of nitrogens with zero attached hydrogens (tertiary/aromatic N) is 2. The zero-order valence-electron chi connectivity index (χ0n) is 21.1. The van der Waals surface area contributed by atoms with Gasteiger partial charge in [-0.05, 0) is 43.0 Å². The van der Waals surface area contributed by atoms with Crippen LogP contribution in [0.25, 0.3) is 11.1 Å². The first-order chi connectivity index (χ1) is 18.2. The molecule has 6 nitrogen and oxygen atoms in total. The number of piperidine rings is 1. The number of unbranched alkanes of at least 4 members (excludes halogenated alkanes) is 2. The van der Waals surface area contributed by atoms with Crippen molar-refractivity contribution in [3.63, 3.8) is 0 Å². The maximum atomic E-state index is 13.0. The van der Waals surface area contributed by atoms with Crippen LogP contribution in [0.15, 0.2) is 53.9 Å². The molecule has 0 spiro atoms. The SMILES string of the molecule is CCCCCC(=O)N1CCC(c2nc(C(=O)Nc3ccccc3-c3ccc(OC(F)(F)F)cc3)cs2)CC1. The fourth-order valence-corrected chi connectivity index (χ4v) is 5.48. The number of amides is 2. The molecule has 10 heteroatoms. The highest BCUT2D eigenvalue weighted by Gasteiger charge is 2.31. The number of thiazole rings is 1. The molecule has 2 aromatic carbocycles. The maximum Gasteiger partial charge on any atom is 0.573 e. The van der Waals surface area contributed by atoms with Crippen LogP contribution < -0.4 is 10.1 Å². The van der Waals surface area contributed by atoms with E-state index in [9.17, 15) is 22.8 Å². The Bertz CT molecular complexity index is 1240. The molecule has 1 fully saturated rings. The van der Waals surface area contributed by atoms with Crippen molar-refractivity contribution in [3.05, 3.63) is 64.6 Å². The van der Waals surface area contributed by atoms with Crippen LogP contribution >= 0.6 is 11.3 Å². The molecule has 0 bridgehead atoms. The third kappa shape index (κ3) is 7.34. The number of hydrogen-bond donors (Lipinski definition) is 1. The van der Waals surface area contributed by atoms with E-state index >= 15 is 0 Å².